The summed E-state index contributed by atoms with van der Waals surface area (Å²) in [5.41, 5.74) is 2.17. The fourth-order valence-electron chi connectivity index (χ4n) is 2.58. The number of anilines is 1. The van der Waals surface area contributed by atoms with Gasteiger partial charge < -0.3 is 14.8 Å². The highest BCUT2D eigenvalue weighted by Crippen LogP contribution is 2.37. The van der Waals surface area contributed by atoms with E-state index in [1.807, 2.05) is 30.3 Å². The summed E-state index contributed by atoms with van der Waals surface area (Å²) in [4.78, 5) is 0. The van der Waals surface area contributed by atoms with Gasteiger partial charge >= 0.3 is 0 Å². The smallest absolute Gasteiger partial charge is 0.180 e. The number of rotatable bonds is 7. The van der Waals surface area contributed by atoms with Crippen LogP contribution < -0.4 is 14.8 Å². The van der Waals surface area contributed by atoms with Crippen molar-refractivity contribution in [2.75, 3.05) is 12.4 Å². The number of hydrogen-bond donors (Lipinski definition) is 1. The second kappa shape index (κ2) is 8.98. The highest BCUT2D eigenvalue weighted by molar-refractivity contribution is 6.33. The molecule has 3 aromatic carbocycles. The first-order valence-corrected chi connectivity index (χ1v) is 9.05. The van der Waals surface area contributed by atoms with E-state index in [9.17, 15) is 4.39 Å². The van der Waals surface area contributed by atoms with Crippen molar-refractivity contribution < 1.29 is 13.9 Å². The fraction of sp³-hybridized carbons (Fsp3) is 0.143. The molecule has 0 aromatic heterocycles. The monoisotopic (exact) mass is 405 g/mol. The fourth-order valence-corrected chi connectivity index (χ4v) is 3.07. The van der Waals surface area contributed by atoms with Gasteiger partial charge in [0.1, 0.15) is 12.4 Å². The summed E-state index contributed by atoms with van der Waals surface area (Å²) < 4.78 is 24.9. The summed E-state index contributed by atoms with van der Waals surface area (Å²) in [7, 11) is 1.53. The summed E-state index contributed by atoms with van der Waals surface area (Å²) in [6.07, 6.45) is 0. The van der Waals surface area contributed by atoms with Gasteiger partial charge in [0.15, 0.2) is 11.5 Å². The van der Waals surface area contributed by atoms with Crippen molar-refractivity contribution in [3.8, 4) is 11.5 Å². The third-order valence-corrected chi connectivity index (χ3v) is 4.59. The van der Waals surface area contributed by atoms with Crippen LogP contribution in [0.25, 0.3) is 0 Å². The minimum Gasteiger partial charge on any atom is -0.493 e. The Labute approximate surface area is 167 Å². The topological polar surface area (TPSA) is 30.5 Å². The molecule has 140 valence electrons. The number of hydrogen-bond acceptors (Lipinski definition) is 3. The molecule has 0 spiro atoms. The molecule has 3 aromatic rings. The van der Waals surface area contributed by atoms with Crippen LogP contribution in [0.5, 0.6) is 11.5 Å². The van der Waals surface area contributed by atoms with Crippen LogP contribution in [0.15, 0.2) is 60.7 Å². The zero-order chi connectivity index (χ0) is 19.2. The summed E-state index contributed by atoms with van der Waals surface area (Å²) in [5.74, 6) is 0.534. The van der Waals surface area contributed by atoms with E-state index in [-0.39, 0.29) is 12.4 Å². The number of halogens is 3. The van der Waals surface area contributed by atoms with Gasteiger partial charge in [-0.25, -0.2) is 4.39 Å². The van der Waals surface area contributed by atoms with Gasteiger partial charge in [-0.3, -0.25) is 0 Å². The van der Waals surface area contributed by atoms with Gasteiger partial charge in [-0.15, -0.1) is 0 Å². The molecule has 3 rings (SSSR count). The van der Waals surface area contributed by atoms with Crippen molar-refractivity contribution in [2.24, 2.45) is 0 Å². The normalized spacial score (nSPS) is 10.5. The van der Waals surface area contributed by atoms with E-state index in [0.717, 1.165) is 11.3 Å². The summed E-state index contributed by atoms with van der Waals surface area (Å²) in [5, 5.41) is 4.29. The van der Waals surface area contributed by atoms with E-state index in [1.54, 1.807) is 24.3 Å². The molecule has 0 aliphatic rings. The van der Waals surface area contributed by atoms with Crippen LogP contribution in [0.2, 0.25) is 10.0 Å². The predicted octanol–water partition coefficient (Wildman–Crippen LogP) is 6.33. The van der Waals surface area contributed by atoms with E-state index in [2.05, 4.69) is 5.32 Å². The molecule has 0 heterocycles. The van der Waals surface area contributed by atoms with Gasteiger partial charge in [-0.05, 0) is 35.9 Å². The van der Waals surface area contributed by atoms with Crippen molar-refractivity contribution in [3.05, 3.63) is 87.7 Å². The SMILES string of the molecule is COc1cc(CNc2ccccc2Cl)cc(Cl)c1OCc1ccccc1F. The summed E-state index contributed by atoms with van der Waals surface area (Å²) >= 11 is 12.5. The zero-order valence-corrected chi connectivity index (χ0v) is 16.1. The van der Waals surface area contributed by atoms with E-state index >= 15 is 0 Å². The van der Waals surface area contributed by atoms with Gasteiger partial charge in [0.25, 0.3) is 0 Å². The number of para-hydroxylation sites is 1. The number of ether oxygens (including phenoxy) is 2. The molecule has 0 aliphatic heterocycles. The average Bonchev–Trinajstić information content (AvgIpc) is 2.67. The quantitative estimate of drug-likeness (QED) is 0.497. The first kappa shape index (κ1) is 19.3. The minimum absolute atomic E-state index is 0.0555. The third-order valence-electron chi connectivity index (χ3n) is 3.98. The van der Waals surface area contributed by atoms with Gasteiger partial charge in [0.2, 0.25) is 0 Å². The van der Waals surface area contributed by atoms with Gasteiger partial charge in [-0.2, -0.15) is 0 Å². The van der Waals surface area contributed by atoms with Crippen molar-refractivity contribution in [2.45, 2.75) is 13.2 Å². The van der Waals surface area contributed by atoms with Crippen LogP contribution in [-0.4, -0.2) is 7.11 Å². The molecule has 0 bridgehead atoms. The van der Waals surface area contributed by atoms with Crippen LogP contribution in [0.4, 0.5) is 10.1 Å². The Hall–Kier alpha value is -2.43. The molecular weight excluding hydrogens is 388 g/mol. The number of benzene rings is 3. The zero-order valence-electron chi connectivity index (χ0n) is 14.6. The maximum absolute atomic E-state index is 13.8. The van der Waals surface area contributed by atoms with Crippen LogP contribution in [0.3, 0.4) is 0 Å². The van der Waals surface area contributed by atoms with E-state index in [1.165, 1.54) is 13.2 Å². The van der Waals surface area contributed by atoms with Crippen LogP contribution in [-0.2, 0) is 13.2 Å². The standard InChI is InChI=1S/C21H18Cl2FNO2/c1-26-20-11-14(12-25-19-9-5-3-7-16(19)22)10-17(23)21(20)27-13-15-6-2-4-8-18(15)24/h2-11,25H,12-13H2,1H3. The molecule has 0 saturated heterocycles. The van der Waals surface area contributed by atoms with Gasteiger partial charge in [0, 0.05) is 12.1 Å². The molecule has 0 radical (unpaired) electrons. The van der Waals surface area contributed by atoms with Gasteiger partial charge in [-0.1, -0.05) is 53.5 Å². The highest BCUT2D eigenvalue weighted by atomic mass is 35.5. The Morgan fingerprint density at radius 1 is 0.963 bits per heavy atom. The first-order chi connectivity index (χ1) is 13.1. The largest absolute Gasteiger partial charge is 0.493 e. The highest BCUT2D eigenvalue weighted by Gasteiger charge is 2.13. The molecular formula is C21H18Cl2FNO2. The lowest BCUT2D eigenvalue weighted by Gasteiger charge is -2.15. The lowest BCUT2D eigenvalue weighted by molar-refractivity contribution is 0.280. The number of nitrogens with one attached hydrogen (secondary N) is 1. The lowest BCUT2D eigenvalue weighted by Crippen LogP contribution is -2.03. The van der Waals surface area contributed by atoms with E-state index in [4.69, 9.17) is 32.7 Å². The molecule has 0 fully saturated rings. The van der Waals surface area contributed by atoms with Crippen molar-refractivity contribution in [3.63, 3.8) is 0 Å². The molecule has 0 unspecified atom stereocenters. The first-order valence-electron chi connectivity index (χ1n) is 8.29. The maximum Gasteiger partial charge on any atom is 0.180 e. The summed E-state index contributed by atoms with van der Waals surface area (Å²) in [6, 6.07) is 17.5. The Bertz CT molecular complexity index is 934. The van der Waals surface area contributed by atoms with Crippen molar-refractivity contribution in [1.29, 1.82) is 0 Å². The molecule has 3 nitrogen and oxygen atoms in total. The Balaban J connectivity index is 1.75. The predicted molar refractivity (Wildman–Crippen MR) is 108 cm³/mol. The average molecular weight is 406 g/mol. The Kier molecular flexibility index (Phi) is 6.43. The van der Waals surface area contributed by atoms with Crippen LogP contribution >= 0.6 is 23.2 Å². The molecule has 27 heavy (non-hydrogen) atoms. The minimum atomic E-state index is -0.326. The Morgan fingerprint density at radius 2 is 1.70 bits per heavy atom. The van der Waals surface area contributed by atoms with Crippen LogP contribution in [0, 0.1) is 5.82 Å². The number of methoxy groups -OCH3 is 1. The van der Waals surface area contributed by atoms with E-state index in [0.29, 0.717) is 33.7 Å². The van der Waals surface area contributed by atoms with Crippen molar-refractivity contribution in [1.82, 2.24) is 0 Å². The summed E-state index contributed by atoms with van der Waals surface area (Å²) in [6.45, 7) is 0.563. The van der Waals surface area contributed by atoms with E-state index < -0.39 is 0 Å². The van der Waals surface area contributed by atoms with Crippen LogP contribution in [0.1, 0.15) is 11.1 Å². The molecule has 6 heteroatoms. The van der Waals surface area contributed by atoms with Gasteiger partial charge in [0.05, 0.1) is 22.8 Å². The third kappa shape index (κ3) is 4.85. The molecule has 1 N–H and O–H groups in total. The maximum atomic E-state index is 13.8. The molecule has 0 atom stereocenters. The lowest BCUT2D eigenvalue weighted by atomic mass is 10.2. The second-order valence-corrected chi connectivity index (χ2v) is 6.64. The molecule has 0 saturated carbocycles. The second-order valence-electron chi connectivity index (χ2n) is 5.82. The molecule has 0 amide bonds. The van der Waals surface area contributed by atoms with Crippen molar-refractivity contribution >= 4 is 28.9 Å². The Morgan fingerprint density at radius 3 is 2.44 bits per heavy atom. The molecule has 0 aliphatic carbocycles.